The Bertz CT molecular complexity index is 642. The van der Waals surface area contributed by atoms with Gasteiger partial charge < -0.3 is 14.8 Å². The number of halogens is 1. The van der Waals surface area contributed by atoms with Crippen LogP contribution in [0.4, 0.5) is 5.82 Å². The number of hydrogen-bond donors (Lipinski definition) is 1. The molecule has 1 fully saturated rings. The van der Waals surface area contributed by atoms with E-state index < -0.39 is 5.79 Å². The van der Waals surface area contributed by atoms with Crippen molar-refractivity contribution in [1.82, 2.24) is 19.6 Å². The average Bonchev–Trinajstić information content (AvgIpc) is 2.96. The Kier molecular flexibility index (Phi) is 3.27. The lowest BCUT2D eigenvalue weighted by molar-refractivity contribution is -0.136. The van der Waals surface area contributed by atoms with Gasteiger partial charge in [-0.25, -0.2) is 0 Å². The first kappa shape index (κ1) is 13.5. The van der Waals surface area contributed by atoms with Crippen molar-refractivity contribution in [3.63, 3.8) is 0 Å². The summed E-state index contributed by atoms with van der Waals surface area (Å²) in [6, 6.07) is 0. The Morgan fingerprint density at radius 1 is 1.55 bits per heavy atom. The molecule has 0 amide bonds. The molecular weight excluding hydrogens is 282 g/mol. The van der Waals surface area contributed by atoms with Crippen LogP contribution in [-0.4, -0.2) is 44.6 Å². The Hall–Kier alpha value is -1.44. The summed E-state index contributed by atoms with van der Waals surface area (Å²) < 4.78 is 12.9. The Morgan fingerprint density at radius 2 is 2.35 bits per heavy atom. The number of hydrogen-bond acceptors (Lipinski definition) is 6. The van der Waals surface area contributed by atoms with Gasteiger partial charge in [-0.1, -0.05) is 11.6 Å². The molecular formula is C12H16ClN5O2. The van der Waals surface area contributed by atoms with Crippen molar-refractivity contribution in [2.75, 3.05) is 18.5 Å². The molecule has 0 radical (unpaired) electrons. The molecule has 0 saturated carbocycles. The zero-order chi connectivity index (χ0) is 14.3. The van der Waals surface area contributed by atoms with Crippen molar-refractivity contribution in [2.24, 2.45) is 0 Å². The van der Waals surface area contributed by atoms with Crippen molar-refractivity contribution in [1.29, 1.82) is 0 Å². The van der Waals surface area contributed by atoms with E-state index in [1.54, 1.807) is 4.52 Å². The van der Waals surface area contributed by atoms with E-state index in [1.165, 1.54) is 6.33 Å². The van der Waals surface area contributed by atoms with Crippen LogP contribution in [0.15, 0.2) is 6.33 Å². The number of nitrogens with one attached hydrogen (secondary N) is 1. The van der Waals surface area contributed by atoms with Gasteiger partial charge in [-0.3, -0.25) is 0 Å². The molecule has 1 unspecified atom stereocenters. The minimum Gasteiger partial charge on any atom is -0.367 e. The molecule has 1 atom stereocenters. The normalized spacial score (nSPS) is 21.5. The van der Waals surface area contributed by atoms with Crippen LogP contribution in [-0.2, 0) is 9.47 Å². The van der Waals surface area contributed by atoms with Gasteiger partial charge in [-0.2, -0.15) is 19.6 Å². The Labute approximate surface area is 121 Å². The second-order valence-electron chi connectivity index (χ2n) is 5.18. The van der Waals surface area contributed by atoms with Gasteiger partial charge in [0.1, 0.15) is 23.4 Å². The van der Waals surface area contributed by atoms with E-state index in [2.05, 4.69) is 20.4 Å². The molecule has 1 aliphatic heterocycles. The predicted octanol–water partition coefficient (Wildman–Crippen LogP) is 1.65. The average molecular weight is 298 g/mol. The number of rotatable bonds is 3. The van der Waals surface area contributed by atoms with Gasteiger partial charge in [0.25, 0.3) is 5.78 Å². The summed E-state index contributed by atoms with van der Waals surface area (Å²) in [5.41, 5.74) is 0.822. The lowest BCUT2D eigenvalue weighted by atomic mass is 10.3. The van der Waals surface area contributed by atoms with Crippen LogP contribution in [0.5, 0.6) is 0 Å². The molecule has 20 heavy (non-hydrogen) atoms. The van der Waals surface area contributed by atoms with Crippen molar-refractivity contribution in [3.8, 4) is 0 Å². The maximum atomic E-state index is 6.10. The van der Waals surface area contributed by atoms with E-state index in [0.29, 0.717) is 24.1 Å². The number of aromatic nitrogens is 4. The summed E-state index contributed by atoms with van der Waals surface area (Å²) in [5, 5.41) is 7.85. The molecule has 0 bridgehead atoms. The van der Waals surface area contributed by atoms with E-state index in [1.807, 2.05) is 20.8 Å². The van der Waals surface area contributed by atoms with Crippen LogP contribution < -0.4 is 5.32 Å². The highest BCUT2D eigenvalue weighted by Crippen LogP contribution is 2.25. The first-order valence-electron chi connectivity index (χ1n) is 6.38. The molecule has 3 heterocycles. The molecule has 1 saturated heterocycles. The van der Waals surface area contributed by atoms with Crippen molar-refractivity contribution < 1.29 is 9.47 Å². The number of ether oxygens (including phenoxy) is 2. The molecule has 7 nitrogen and oxygen atoms in total. The molecule has 3 rings (SSSR count). The van der Waals surface area contributed by atoms with Gasteiger partial charge in [0, 0.05) is 12.1 Å². The molecule has 8 heteroatoms. The predicted molar refractivity (Wildman–Crippen MR) is 73.9 cm³/mol. The quantitative estimate of drug-likeness (QED) is 0.869. The van der Waals surface area contributed by atoms with E-state index >= 15 is 0 Å². The maximum absolute atomic E-state index is 6.10. The van der Waals surface area contributed by atoms with Crippen molar-refractivity contribution in [3.05, 3.63) is 17.0 Å². The Morgan fingerprint density at radius 3 is 3.05 bits per heavy atom. The monoisotopic (exact) mass is 297 g/mol. The molecule has 0 aromatic carbocycles. The van der Waals surface area contributed by atoms with Crippen LogP contribution in [0.1, 0.15) is 19.4 Å². The summed E-state index contributed by atoms with van der Waals surface area (Å²) in [7, 11) is 0. The highest BCUT2D eigenvalue weighted by molar-refractivity contribution is 6.30. The zero-order valence-corrected chi connectivity index (χ0v) is 12.3. The van der Waals surface area contributed by atoms with Gasteiger partial charge in [0.15, 0.2) is 5.79 Å². The lowest BCUT2D eigenvalue weighted by Gasteiger charge is -2.18. The summed E-state index contributed by atoms with van der Waals surface area (Å²) in [5.74, 6) is 0.706. The second-order valence-corrected chi connectivity index (χ2v) is 5.54. The SMILES string of the molecule is Cc1c(Cl)nc2ncnn2c1NCC1COC(C)(C)O1. The lowest BCUT2D eigenvalue weighted by Crippen LogP contribution is -2.27. The minimum atomic E-state index is -0.528. The van der Waals surface area contributed by atoms with Crippen LogP contribution in [0, 0.1) is 6.92 Å². The molecule has 2 aromatic heterocycles. The van der Waals surface area contributed by atoms with Gasteiger partial charge >= 0.3 is 0 Å². The van der Waals surface area contributed by atoms with E-state index in [4.69, 9.17) is 21.1 Å². The summed E-state index contributed by atoms with van der Waals surface area (Å²) in [6.45, 7) is 6.83. The maximum Gasteiger partial charge on any atom is 0.255 e. The summed E-state index contributed by atoms with van der Waals surface area (Å²) in [6.07, 6.45) is 1.43. The third-order valence-electron chi connectivity index (χ3n) is 3.17. The standard InChI is InChI=1S/C12H16ClN5O2/c1-7-9(13)17-11-15-6-16-18(11)10(7)14-4-8-5-19-12(2,3)20-8/h6,8,14H,4-5H2,1-3H3. The zero-order valence-electron chi connectivity index (χ0n) is 11.6. The molecule has 0 aliphatic carbocycles. The Balaban J connectivity index is 1.81. The van der Waals surface area contributed by atoms with Crippen LogP contribution in [0.3, 0.4) is 0 Å². The summed E-state index contributed by atoms with van der Waals surface area (Å²) in [4.78, 5) is 8.20. The van der Waals surface area contributed by atoms with Gasteiger partial charge in [0.05, 0.1) is 6.61 Å². The largest absolute Gasteiger partial charge is 0.367 e. The molecule has 0 spiro atoms. The fraction of sp³-hybridized carbons (Fsp3) is 0.583. The van der Waals surface area contributed by atoms with Gasteiger partial charge in [0.2, 0.25) is 0 Å². The smallest absolute Gasteiger partial charge is 0.255 e. The van der Waals surface area contributed by atoms with Crippen molar-refractivity contribution in [2.45, 2.75) is 32.7 Å². The highest BCUT2D eigenvalue weighted by atomic mass is 35.5. The minimum absolute atomic E-state index is 0.0186. The first-order valence-corrected chi connectivity index (χ1v) is 6.75. The fourth-order valence-corrected chi connectivity index (χ4v) is 2.34. The fourth-order valence-electron chi connectivity index (χ4n) is 2.18. The third kappa shape index (κ3) is 2.44. The van der Waals surface area contributed by atoms with Crippen LogP contribution in [0.25, 0.3) is 5.78 Å². The first-order chi connectivity index (χ1) is 9.46. The van der Waals surface area contributed by atoms with Gasteiger partial charge in [-0.15, -0.1) is 0 Å². The van der Waals surface area contributed by atoms with Gasteiger partial charge in [-0.05, 0) is 20.8 Å². The van der Waals surface area contributed by atoms with E-state index in [0.717, 1.165) is 11.4 Å². The van der Waals surface area contributed by atoms with Crippen molar-refractivity contribution >= 4 is 23.2 Å². The second kappa shape index (κ2) is 4.83. The molecule has 2 aromatic rings. The molecule has 108 valence electrons. The molecule has 1 aliphatic rings. The molecule has 1 N–H and O–H groups in total. The third-order valence-corrected chi connectivity index (χ3v) is 3.54. The van der Waals surface area contributed by atoms with E-state index in [-0.39, 0.29) is 6.10 Å². The topological polar surface area (TPSA) is 73.6 Å². The number of fused-ring (bicyclic) bond motifs is 1. The van der Waals surface area contributed by atoms with E-state index in [9.17, 15) is 0 Å². The highest BCUT2D eigenvalue weighted by Gasteiger charge is 2.32. The van der Waals surface area contributed by atoms with Crippen LogP contribution in [0.2, 0.25) is 5.15 Å². The summed E-state index contributed by atoms with van der Waals surface area (Å²) >= 11 is 6.10. The number of nitrogens with zero attached hydrogens (tertiary/aromatic N) is 4. The number of anilines is 1. The van der Waals surface area contributed by atoms with Crippen LogP contribution >= 0.6 is 11.6 Å².